The van der Waals surface area contributed by atoms with Gasteiger partial charge >= 0.3 is 0 Å². The molecule has 2 unspecified atom stereocenters. The van der Waals surface area contributed by atoms with Crippen LogP contribution >= 0.6 is 0 Å². The topological polar surface area (TPSA) is 97.1 Å². The van der Waals surface area contributed by atoms with Crippen LogP contribution in [0.25, 0.3) is 11.3 Å². The number of aryl methyl sites for hydroxylation is 3. The predicted octanol–water partition coefficient (Wildman–Crippen LogP) is 6.23. The molecule has 2 aliphatic heterocycles. The summed E-state index contributed by atoms with van der Waals surface area (Å²) < 4.78 is 22.8. The lowest BCUT2D eigenvalue weighted by Crippen LogP contribution is -2.42. The number of ether oxygens (including phenoxy) is 1. The molecule has 2 aliphatic rings. The zero-order chi connectivity index (χ0) is 29.1. The van der Waals surface area contributed by atoms with E-state index in [1.807, 2.05) is 48.5 Å². The highest BCUT2D eigenvalue weighted by atomic mass is 32.2. The van der Waals surface area contributed by atoms with E-state index in [0.29, 0.717) is 34.8 Å². The molecule has 0 aliphatic carbocycles. The third-order valence-corrected chi connectivity index (χ3v) is 9.47. The van der Waals surface area contributed by atoms with Gasteiger partial charge in [-0.2, -0.15) is 15.0 Å². The number of fused-ring (bicyclic) bond motifs is 5. The molecule has 6 rings (SSSR count). The van der Waals surface area contributed by atoms with Crippen LogP contribution in [0.5, 0.6) is 5.88 Å². The van der Waals surface area contributed by atoms with E-state index < -0.39 is 11.4 Å². The number of nitriles is 1. The van der Waals surface area contributed by atoms with Crippen LogP contribution in [-0.4, -0.2) is 39.1 Å². The van der Waals surface area contributed by atoms with Crippen molar-refractivity contribution in [3.8, 4) is 23.2 Å². The molecule has 7 nitrogen and oxygen atoms in total. The van der Waals surface area contributed by atoms with Gasteiger partial charge in [-0.3, -0.25) is 4.90 Å². The van der Waals surface area contributed by atoms with Gasteiger partial charge in [0.05, 0.1) is 23.9 Å². The minimum Gasteiger partial charge on any atom is -0.588 e. The minimum atomic E-state index is -1.51. The van der Waals surface area contributed by atoms with E-state index in [9.17, 15) is 9.81 Å². The second-order valence-corrected chi connectivity index (χ2v) is 12.6. The van der Waals surface area contributed by atoms with Crippen molar-refractivity contribution in [2.24, 2.45) is 11.8 Å². The highest BCUT2D eigenvalue weighted by Gasteiger charge is 2.30. The highest BCUT2D eigenvalue weighted by Crippen LogP contribution is 2.33. The number of aromatic nitrogens is 2. The van der Waals surface area contributed by atoms with Crippen LogP contribution in [0.4, 0.5) is 5.95 Å². The molecule has 3 aromatic carbocycles. The molecule has 0 saturated carbocycles. The van der Waals surface area contributed by atoms with Gasteiger partial charge in [-0.25, -0.2) is 4.98 Å². The van der Waals surface area contributed by atoms with Crippen LogP contribution in [0.2, 0.25) is 0 Å². The smallest absolute Gasteiger partial charge is 0.269 e. The number of nitrogens with one attached hydrogen (secondary N) is 1. The summed E-state index contributed by atoms with van der Waals surface area (Å²) in [5.74, 6) is 1.56. The molecule has 3 atom stereocenters. The molecule has 1 saturated heterocycles. The number of nitrogens with zero attached hydrogens (tertiary/aromatic N) is 4. The van der Waals surface area contributed by atoms with E-state index in [-0.39, 0.29) is 5.95 Å². The molecular weight excluding hydrogens is 542 g/mol. The molecule has 42 heavy (non-hydrogen) atoms. The van der Waals surface area contributed by atoms with Crippen LogP contribution in [0.3, 0.4) is 0 Å². The van der Waals surface area contributed by atoms with E-state index >= 15 is 0 Å². The Morgan fingerprint density at radius 2 is 1.81 bits per heavy atom. The Morgan fingerprint density at radius 1 is 1.00 bits per heavy atom. The molecule has 8 heteroatoms. The molecule has 1 fully saturated rings. The molecule has 4 aromatic rings. The lowest BCUT2D eigenvalue weighted by Gasteiger charge is -2.38. The first-order chi connectivity index (χ1) is 20.4. The van der Waals surface area contributed by atoms with Crippen molar-refractivity contribution < 1.29 is 9.29 Å². The van der Waals surface area contributed by atoms with Gasteiger partial charge < -0.3 is 9.29 Å². The van der Waals surface area contributed by atoms with Gasteiger partial charge in [-0.1, -0.05) is 42.5 Å². The number of hydrogen-bond donors (Lipinski definition) is 1. The number of likely N-dealkylation sites (tertiary alicyclic amines) is 1. The molecule has 1 aromatic heterocycles. The second-order valence-electron chi connectivity index (χ2n) is 11.4. The number of hydrogen-bond acceptors (Lipinski definition) is 7. The van der Waals surface area contributed by atoms with Gasteiger partial charge in [0, 0.05) is 30.6 Å². The molecule has 4 bridgehead atoms. The molecule has 0 spiro atoms. The predicted molar refractivity (Wildman–Crippen MR) is 165 cm³/mol. The highest BCUT2D eigenvalue weighted by molar-refractivity contribution is 7.92. The summed E-state index contributed by atoms with van der Waals surface area (Å²) in [5, 5.41) is 9.34. The molecule has 1 N–H and O–H groups in total. The van der Waals surface area contributed by atoms with Crippen molar-refractivity contribution in [1.29, 1.82) is 5.26 Å². The molecule has 0 radical (unpaired) electrons. The number of rotatable bonds is 3. The zero-order valence-electron chi connectivity index (χ0n) is 24.0. The Morgan fingerprint density at radius 3 is 2.64 bits per heavy atom. The largest absolute Gasteiger partial charge is 0.588 e. The van der Waals surface area contributed by atoms with Gasteiger partial charge in [-0.15, -0.1) is 0 Å². The molecular formula is C34H35N5O2S. The number of benzene rings is 3. The Balaban J connectivity index is 1.32. The van der Waals surface area contributed by atoms with Crippen LogP contribution in [0.15, 0.2) is 77.7 Å². The Bertz CT molecular complexity index is 1600. The van der Waals surface area contributed by atoms with Gasteiger partial charge in [0.15, 0.2) is 4.90 Å². The quantitative estimate of drug-likeness (QED) is 0.288. The number of piperidine rings is 1. The summed E-state index contributed by atoms with van der Waals surface area (Å²) in [5.41, 5.74) is 7.03. The van der Waals surface area contributed by atoms with Crippen molar-refractivity contribution >= 4 is 17.3 Å². The SMILES string of the molecule is Cc1cccc(C)c1-c1cc2nc(n1)N[S+]([O-])c1cccc(c1)CCC1CCN(Cc3cccc(C#N)c3)C[C@@H]1CO2. The molecule has 214 valence electrons. The summed E-state index contributed by atoms with van der Waals surface area (Å²) in [6.07, 6.45) is 3.04. The van der Waals surface area contributed by atoms with Crippen molar-refractivity contribution in [1.82, 2.24) is 14.9 Å². The van der Waals surface area contributed by atoms with Crippen LogP contribution in [0, 0.1) is 37.0 Å². The normalized spacial score (nSPS) is 20.8. The lowest BCUT2D eigenvalue weighted by molar-refractivity contribution is 0.0708. The number of anilines is 1. The average molecular weight is 578 g/mol. The van der Waals surface area contributed by atoms with Crippen molar-refractivity contribution in [2.45, 2.75) is 44.6 Å². The Labute approximate surface area is 250 Å². The maximum Gasteiger partial charge on any atom is 0.269 e. The second kappa shape index (κ2) is 12.5. The molecule has 0 amide bonds. The standard InChI is InChI=1S/C34H35N5O2S/c1-23-6-3-7-24(2)33(23)31-18-32-37-34(36-31)38-42(40)30-11-5-8-25(17-30)12-13-28-14-15-39(21-29(28)22-41-32)20-27-10-4-9-26(16-27)19-35/h3-11,16-18,28-29H,12-15,20-22H2,1-2H3,(H,36,37,38)/t28?,29-,42?/m1/s1. The summed E-state index contributed by atoms with van der Waals surface area (Å²) in [6.45, 7) is 7.39. The fraction of sp³-hybridized carbons (Fsp3) is 0.324. The Hall–Kier alpha value is -3.90. The average Bonchev–Trinajstić information content (AvgIpc) is 2.99. The third-order valence-electron chi connectivity index (χ3n) is 8.42. The van der Waals surface area contributed by atoms with Gasteiger partial charge in [0.2, 0.25) is 5.88 Å². The fourth-order valence-electron chi connectivity index (χ4n) is 6.26. The fourth-order valence-corrected chi connectivity index (χ4v) is 7.10. The first kappa shape index (κ1) is 28.2. The first-order valence-electron chi connectivity index (χ1n) is 14.5. The van der Waals surface area contributed by atoms with Crippen LogP contribution < -0.4 is 9.46 Å². The summed E-state index contributed by atoms with van der Waals surface area (Å²) in [7, 11) is 0. The van der Waals surface area contributed by atoms with Crippen LogP contribution in [-0.2, 0) is 24.3 Å². The summed E-state index contributed by atoms with van der Waals surface area (Å²) >= 11 is -1.51. The first-order valence-corrected chi connectivity index (χ1v) is 15.7. The molecule has 3 heterocycles. The van der Waals surface area contributed by atoms with Gasteiger partial charge in [-0.05, 0) is 92.1 Å². The minimum absolute atomic E-state index is 0.283. The van der Waals surface area contributed by atoms with E-state index in [4.69, 9.17) is 9.72 Å². The third kappa shape index (κ3) is 6.44. The van der Waals surface area contributed by atoms with E-state index in [1.54, 1.807) is 0 Å². The van der Waals surface area contributed by atoms with Gasteiger partial charge in [0.25, 0.3) is 5.95 Å². The van der Waals surface area contributed by atoms with E-state index in [2.05, 4.69) is 58.8 Å². The van der Waals surface area contributed by atoms with Gasteiger partial charge in [0.1, 0.15) is 11.4 Å². The zero-order valence-corrected chi connectivity index (χ0v) is 24.9. The van der Waals surface area contributed by atoms with Crippen molar-refractivity contribution in [2.75, 3.05) is 24.4 Å². The van der Waals surface area contributed by atoms with Crippen molar-refractivity contribution in [3.63, 3.8) is 0 Å². The van der Waals surface area contributed by atoms with E-state index in [1.165, 1.54) is 5.56 Å². The summed E-state index contributed by atoms with van der Waals surface area (Å²) in [4.78, 5) is 12.6. The summed E-state index contributed by atoms with van der Waals surface area (Å²) in [6, 6.07) is 26.2. The maximum absolute atomic E-state index is 13.3. The monoisotopic (exact) mass is 577 g/mol. The van der Waals surface area contributed by atoms with E-state index in [0.717, 1.165) is 66.8 Å². The Kier molecular flexibility index (Phi) is 8.43. The maximum atomic E-state index is 13.3. The van der Waals surface area contributed by atoms with Crippen LogP contribution in [0.1, 0.15) is 40.7 Å². The van der Waals surface area contributed by atoms with Crippen molar-refractivity contribution in [3.05, 3.63) is 101 Å². The lowest BCUT2D eigenvalue weighted by atomic mass is 9.82.